The molecule has 2 aliphatic heterocycles. The van der Waals surface area contributed by atoms with Crippen LogP contribution in [0.25, 0.3) is 0 Å². The van der Waals surface area contributed by atoms with Gasteiger partial charge in [-0.3, -0.25) is 9.50 Å². The first kappa shape index (κ1) is 25.1. The molecule has 0 aromatic heterocycles. The summed E-state index contributed by atoms with van der Waals surface area (Å²) in [6.45, 7) is 6.44. The summed E-state index contributed by atoms with van der Waals surface area (Å²) in [6.07, 6.45) is 1.19. The molecule has 0 fully saturated rings. The van der Waals surface area contributed by atoms with Gasteiger partial charge in [-0.25, -0.2) is 0 Å². The number of benzene rings is 2. The van der Waals surface area contributed by atoms with E-state index in [0.717, 1.165) is 28.2 Å². The molecule has 2 aromatic rings. The van der Waals surface area contributed by atoms with Crippen LogP contribution in [0.15, 0.2) is 46.2 Å². The number of hydrogen-bond donors (Lipinski definition) is 1. The number of Topliss-reactive ketones (excluding diaryl/α,β-unsaturated/α-hetero) is 1. The Kier molecular flexibility index (Phi) is 9.14. The molecule has 149 valence electrons. The van der Waals surface area contributed by atoms with Crippen molar-refractivity contribution in [2.75, 3.05) is 5.75 Å². The minimum atomic E-state index is -0.291. The molecule has 2 nitrogen and oxygen atoms in total. The van der Waals surface area contributed by atoms with E-state index in [1.807, 2.05) is 23.9 Å². The molecule has 0 saturated carbocycles. The summed E-state index contributed by atoms with van der Waals surface area (Å²) < 4.78 is 0.154. The molecule has 4 rings (SSSR count). The normalized spacial score (nSPS) is 19.0. The predicted octanol–water partition coefficient (Wildman–Crippen LogP) is 6.09. The highest BCUT2D eigenvalue weighted by Crippen LogP contribution is 2.47. The lowest BCUT2D eigenvalue weighted by molar-refractivity contribution is 0.0984. The Morgan fingerprint density at radius 1 is 1.14 bits per heavy atom. The van der Waals surface area contributed by atoms with Crippen molar-refractivity contribution < 1.29 is 14.6 Å². The van der Waals surface area contributed by atoms with Gasteiger partial charge in [0.05, 0.1) is 6.10 Å². The zero-order valence-electron chi connectivity index (χ0n) is 16.2. The fourth-order valence-electron chi connectivity index (χ4n) is 3.17. The molecule has 0 unspecified atom stereocenters. The maximum absolute atomic E-state index is 11.4. The van der Waals surface area contributed by atoms with Gasteiger partial charge in [0.1, 0.15) is 0 Å². The fourth-order valence-corrected chi connectivity index (χ4v) is 5.63. The Bertz CT molecular complexity index is 845. The zero-order chi connectivity index (χ0) is 18.9. The highest BCUT2D eigenvalue weighted by Gasteiger charge is 2.31. The number of thioether (sulfide) groups is 2. The second kappa shape index (κ2) is 10.2. The molecule has 2 aliphatic rings. The van der Waals surface area contributed by atoms with Gasteiger partial charge >= 0.3 is 0 Å². The Hall–Kier alpha value is -0.945. The van der Waals surface area contributed by atoms with Gasteiger partial charge in [-0.05, 0) is 43.2 Å². The summed E-state index contributed by atoms with van der Waals surface area (Å²) in [5, 5.41) is 10.7. The van der Waals surface area contributed by atoms with Gasteiger partial charge in [-0.15, -0.1) is 23.5 Å². The van der Waals surface area contributed by atoms with E-state index in [1.165, 1.54) is 10.5 Å². The molecule has 3 radical (unpaired) electrons. The van der Waals surface area contributed by atoms with Crippen molar-refractivity contribution in [1.29, 1.82) is 0 Å². The van der Waals surface area contributed by atoms with Crippen LogP contribution in [0.5, 0.6) is 0 Å². The molecular formula is C21H24BClFO2S2. The molecule has 1 atom stereocenters. The van der Waals surface area contributed by atoms with Gasteiger partial charge in [0.25, 0.3) is 0 Å². The lowest BCUT2D eigenvalue weighted by Gasteiger charge is -2.34. The van der Waals surface area contributed by atoms with Gasteiger partial charge in [-0.1, -0.05) is 43.1 Å². The minimum Gasteiger partial charge on any atom is -0.388 e. The standard InChI is InChI=1S/C12H16OS.C9H7ClOS.B.FH/c1-8-4-5-11-9(6-8)10(13)7-12(2,3)14-11;10-6-1-2-9-7(5-6)8(11)3-4-12-9;;/h4-6,10,13H,7H2,1-3H3;1-2,5H,3-4H2;;1H/t10-;;;/m0.../s1. The fraction of sp³-hybridized carbons (Fsp3) is 0.381. The third-order valence-corrected chi connectivity index (χ3v) is 7.05. The van der Waals surface area contributed by atoms with E-state index in [9.17, 15) is 9.90 Å². The van der Waals surface area contributed by atoms with Crippen LogP contribution in [0.4, 0.5) is 4.70 Å². The quantitative estimate of drug-likeness (QED) is 0.506. The predicted molar refractivity (Wildman–Crippen MR) is 120 cm³/mol. The average molecular weight is 438 g/mol. The maximum Gasteiger partial charge on any atom is 0.164 e. The first-order chi connectivity index (χ1) is 12.2. The van der Waals surface area contributed by atoms with Crippen molar-refractivity contribution in [2.24, 2.45) is 0 Å². The number of carbonyl (C=O) groups is 1. The van der Waals surface area contributed by atoms with Gasteiger partial charge in [0, 0.05) is 45.7 Å². The third-order valence-electron chi connectivity index (χ3n) is 4.42. The van der Waals surface area contributed by atoms with Crippen LogP contribution in [-0.4, -0.2) is 29.8 Å². The molecule has 2 heterocycles. The summed E-state index contributed by atoms with van der Waals surface area (Å²) in [5.41, 5.74) is 3.12. The van der Waals surface area contributed by atoms with Crippen molar-refractivity contribution in [3.63, 3.8) is 0 Å². The van der Waals surface area contributed by atoms with Gasteiger partial charge in [0.15, 0.2) is 5.78 Å². The number of halogens is 2. The second-order valence-corrected chi connectivity index (χ2v) is 10.6. The van der Waals surface area contributed by atoms with Crippen molar-refractivity contribution in [3.8, 4) is 0 Å². The van der Waals surface area contributed by atoms with Crippen LogP contribution in [0.2, 0.25) is 5.02 Å². The molecule has 2 aromatic carbocycles. The van der Waals surface area contributed by atoms with Gasteiger partial charge in [-0.2, -0.15) is 0 Å². The summed E-state index contributed by atoms with van der Waals surface area (Å²) in [6, 6.07) is 11.8. The first-order valence-electron chi connectivity index (χ1n) is 8.68. The van der Waals surface area contributed by atoms with E-state index in [0.29, 0.717) is 11.4 Å². The number of aryl methyl sites for hydroxylation is 1. The molecule has 0 bridgehead atoms. The third kappa shape index (κ3) is 6.02. The lowest BCUT2D eigenvalue weighted by atomic mass is 9.97. The smallest absolute Gasteiger partial charge is 0.164 e. The van der Waals surface area contributed by atoms with Crippen LogP contribution in [0, 0.1) is 6.92 Å². The molecular weight excluding hydrogens is 414 g/mol. The summed E-state index contributed by atoms with van der Waals surface area (Å²) >= 11 is 9.37. The average Bonchev–Trinajstić information content (AvgIpc) is 2.56. The Labute approximate surface area is 181 Å². The first-order valence-corrected chi connectivity index (χ1v) is 10.9. The molecule has 7 heteroatoms. The minimum absolute atomic E-state index is 0. The van der Waals surface area contributed by atoms with E-state index in [2.05, 4.69) is 39.0 Å². The molecule has 0 spiro atoms. The van der Waals surface area contributed by atoms with E-state index < -0.39 is 0 Å². The summed E-state index contributed by atoms with van der Waals surface area (Å²) in [5.74, 6) is 1.11. The Balaban J connectivity index is 0.000000264. The van der Waals surface area contributed by atoms with Crippen LogP contribution in [0.1, 0.15) is 54.3 Å². The Morgan fingerprint density at radius 2 is 1.82 bits per heavy atom. The van der Waals surface area contributed by atoms with Crippen molar-refractivity contribution in [1.82, 2.24) is 0 Å². The van der Waals surface area contributed by atoms with Crippen LogP contribution in [-0.2, 0) is 0 Å². The highest BCUT2D eigenvalue weighted by molar-refractivity contribution is 8.00. The molecule has 0 amide bonds. The number of rotatable bonds is 0. The van der Waals surface area contributed by atoms with Crippen LogP contribution in [0.3, 0.4) is 0 Å². The topological polar surface area (TPSA) is 37.3 Å². The van der Waals surface area contributed by atoms with Crippen LogP contribution < -0.4 is 0 Å². The summed E-state index contributed by atoms with van der Waals surface area (Å²) in [7, 11) is 0. The van der Waals surface area contributed by atoms with Gasteiger partial charge < -0.3 is 5.11 Å². The number of aliphatic hydroxyl groups is 1. The monoisotopic (exact) mass is 437 g/mol. The van der Waals surface area contributed by atoms with Crippen LogP contribution >= 0.6 is 35.1 Å². The number of fused-ring (bicyclic) bond motifs is 2. The van der Waals surface area contributed by atoms with Gasteiger partial charge in [0.2, 0.25) is 0 Å². The largest absolute Gasteiger partial charge is 0.388 e. The van der Waals surface area contributed by atoms with E-state index >= 15 is 0 Å². The number of carbonyl (C=O) groups excluding carboxylic acids is 1. The van der Waals surface area contributed by atoms with E-state index in [-0.39, 0.29) is 29.8 Å². The molecule has 0 aliphatic carbocycles. The van der Waals surface area contributed by atoms with Crippen molar-refractivity contribution in [2.45, 2.75) is 54.3 Å². The van der Waals surface area contributed by atoms with Crippen molar-refractivity contribution in [3.05, 3.63) is 58.1 Å². The summed E-state index contributed by atoms with van der Waals surface area (Å²) in [4.78, 5) is 13.7. The molecule has 0 saturated heterocycles. The zero-order valence-corrected chi connectivity index (χ0v) is 18.6. The SMILES string of the molecule is Cc1ccc2c(c1)[C@@H](O)CC(C)(C)S2.F.O=C1CCSc2ccc(Cl)cc21.[B]. The molecule has 1 N–H and O–H groups in total. The Morgan fingerprint density at radius 3 is 2.54 bits per heavy atom. The molecule has 28 heavy (non-hydrogen) atoms. The maximum atomic E-state index is 11.4. The van der Waals surface area contributed by atoms with E-state index in [1.54, 1.807) is 17.8 Å². The number of ketones is 1. The number of aliphatic hydroxyl groups excluding tert-OH is 1. The second-order valence-electron chi connectivity index (χ2n) is 7.29. The number of hydrogen-bond acceptors (Lipinski definition) is 4. The van der Waals surface area contributed by atoms with E-state index in [4.69, 9.17) is 11.6 Å². The van der Waals surface area contributed by atoms with Crippen molar-refractivity contribution >= 4 is 49.3 Å². The highest BCUT2D eigenvalue weighted by atomic mass is 35.5. The lowest BCUT2D eigenvalue weighted by Crippen LogP contribution is -2.23.